The van der Waals surface area contributed by atoms with Crippen LogP contribution in [0.25, 0.3) is 11.3 Å². The quantitative estimate of drug-likeness (QED) is 0.268. The molecule has 3 heterocycles. The molecule has 41 heavy (non-hydrogen) atoms. The number of carbonyl (C=O) groups excluding carboxylic acids is 1. The summed E-state index contributed by atoms with van der Waals surface area (Å²) in [5, 5.41) is 13.1. The molecule has 0 saturated carbocycles. The summed E-state index contributed by atoms with van der Waals surface area (Å²) in [6.07, 6.45) is 0.0429. The first-order chi connectivity index (χ1) is 19.3. The lowest BCUT2D eigenvalue weighted by Gasteiger charge is -2.41. The lowest BCUT2D eigenvalue weighted by molar-refractivity contribution is 0.0784. The number of piperidine rings is 1. The van der Waals surface area contributed by atoms with E-state index >= 15 is 0 Å². The molecule has 6 N–H and O–H groups in total. The number of nitrogens with one attached hydrogen (secondary N) is 1. The van der Waals surface area contributed by atoms with Crippen molar-refractivity contribution < 1.29 is 41.9 Å². The minimum atomic E-state index is -4.83. The molecule has 1 aromatic carbocycles. The molecule has 2 aromatic heterocycles. The monoisotopic (exact) mass is 593 g/mol. The Bertz CT molecular complexity index is 1520. The molecule has 0 radical (unpaired) electrons. The third-order valence-electron chi connectivity index (χ3n) is 7.21. The van der Waals surface area contributed by atoms with E-state index < -0.39 is 60.7 Å². The Morgan fingerprint density at radius 3 is 2.51 bits per heavy atom. The van der Waals surface area contributed by atoms with Gasteiger partial charge in [0.05, 0.1) is 34.9 Å². The number of phosphoric ester groups is 1. The zero-order valence-electron chi connectivity index (χ0n) is 21.7. The Labute approximate surface area is 232 Å². The molecular weight excluding hydrogens is 566 g/mol. The maximum Gasteiger partial charge on any atom is 0.470 e. The number of anilines is 2. The van der Waals surface area contributed by atoms with Crippen molar-refractivity contribution in [1.29, 1.82) is 0 Å². The maximum atomic E-state index is 14.6. The SMILES string of the molecule is C[C@H]1CN(c2c(NC(=O)c3ccc(F)c(-c4c(F)cccc4F)n3)cnc3c2CC[C@H]3OP(=O)(O)O)C[C@@H](N)[C@@H]1O. The molecule has 15 heteroatoms. The van der Waals surface area contributed by atoms with Crippen LogP contribution in [0, 0.1) is 23.4 Å². The predicted octanol–water partition coefficient (Wildman–Crippen LogP) is 3.05. The molecule has 0 bridgehead atoms. The van der Waals surface area contributed by atoms with Crippen LogP contribution in [0.15, 0.2) is 36.5 Å². The van der Waals surface area contributed by atoms with Crippen molar-refractivity contribution in [1.82, 2.24) is 9.97 Å². The van der Waals surface area contributed by atoms with Crippen LogP contribution in [0.3, 0.4) is 0 Å². The molecule has 2 aliphatic rings. The molecule has 0 unspecified atom stereocenters. The van der Waals surface area contributed by atoms with E-state index in [4.69, 9.17) is 10.3 Å². The average molecular weight is 593 g/mol. The van der Waals surface area contributed by atoms with Gasteiger partial charge >= 0.3 is 7.82 Å². The van der Waals surface area contributed by atoms with E-state index in [2.05, 4.69) is 15.3 Å². The van der Waals surface area contributed by atoms with Crippen LogP contribution < -0.4 is 16.0 Å². The fourth-order valence-corrected chi connectivity index (χ4v) is 5.90. The lowest BCUT2D eigenvalue weighted by atomic mass is 9.92. The van der Waals surface area contributed by atoms with E-state index in [1.54, 1.807) is 0 Å². The Balaban J connectivity index is 1.53. The van der Waals surface area contributed by atoms with Gasteiger partial charge in [-0.1, -0.05) is 13.0 Å². The van der Waals surface area contributed by atoms with Gasteiger partial charge in [0.1, 0.15) is 34.9 Å². The van der Waals surface area contributed by atoms with Gasteiger partial charge in [-0.25, -0.2) is 22.7 Å². The average Bonchev–Trinajstić information content (AvgIpc) is 3.28. The van der Waals surface area contributed by atoms with Gasteiger partial charge in [0, 0.05) is 30.6 Å². The maximum absolute atomic E-state index is 14.6. The molecule has 0 spiro atoms. The number of nitrogens with zero attached hydrogens (tertiary/aromatic N) is 3. The highest BCUT2D eigenvalue weighted by atomic mass is 31.2. The van der Waals surface area contributed by atoms with Gasteiger partial charge in [-0.15, -0.1) is 0 Å². The summed E-state index contributed by atoms with van der Waals surface area (Å²) in [5.41, 5.74) is 5.95. The van der Waals surface area contributed by atoms with Crippen molar-refractivity contribution in [2.75, 3.05) is 23.3 Å². The van der Waals surface area contributed by atoms with Crippen LogP contribution in [-0.4, -0.2) is 56.0 Å². The summed E-state index contributed by atoms with van der Waals surface area (Å²) < 4.78 is 59.7. The molecule has 1 aliphatic heterocycles. The van der Waals surface area contributed by atoms with E-state index in [9.17, 15) is 37.4 Å². The number of carbonyl (C=O) groups is 1. The number of hydrogen-bond donors (Lipinski definition) is 5. The number of halogens is 3. The summed E-state index contributed by atoms with van der Waals surface area (Å²) in [5.74, 6) is -4.22. The van der Waals surface area contributed by atoms with Gasteiger partial charge in [-0.3, -0.25) is 14.3 Å². The molecule has 11 nitrogen and oxygen atoms in total. The number of nitrogens with two attached hydrogens (primary N) is 1. The highest BCUT2D eigenvalue weighted by Crippen LogP contribution is 2.49. The van der Waals surface area contributed by atoms with Crippen molar-refractivity contribution in [2.24, 2.45) is 11.7 Å². The summed E-state index contributed by atoms with van der Waals surface area (Å²) >= 11 is 0. The Morgan fingerprint density at radius 1 is 1.15 bits per heavy atom. The number of aliphatic hydroxyl groups excluding tert-OH is 1. The third kappa shape index (κ3) is 5.85. The van der Waals surface area contributed by atoms with Crippen molar-refractivity contribution in [3.05, 3.63) is 70.9 Å². The molecule has 1 saturated heterocycles. The highest BCUT2D eigenvalue weighted by Gasteiger charge is 2.38. The van der Waals surface area contributed by atoms with E-state index in [-0.39, 0.29) is 36.0 Å². The van der Waals surface area contributed by atoms with Crippen LogP contribution in [0.4, 0.5) is 24.5 Å². The number of pyridine rings is 2. The topological polar surface area (TPSA) is 171 Å². The zero-order valence-corrected chi connectivity index (χ0v) is 22.6. The normalized spacial score (nSPS) is 22.5. The number of aliphatic hydroxyl groups is 1. The number of benzene rings is 1. The van der Waals surface area contributed by atoms with E-state index in [0.717, 1.165) is 30.3 Å². The van der Waals surface area contributed by atoms with E-state index in [1.165, 1.54) is 6.20 Å². The highest BCUT2D eigenvalue weighted by molar-refractivity contribution is 7.46. The summed E-state index contributed by atoms with van der Waals surface area (Å²) in [6, 6.07) is 4.31. The van der Waals surface area contributed by atoms with Crippen molar-refractivity contribution in [3.8, 4) is 11.3 Å². The zero-order chi connectivity index (χ0) is 29.6. The van der Waals surface area contributed by atoms with Crippen molar-refractivity contribution in [2.45, 2.75) is 38.0 Å². The Morgan fingerprint density at radius 2 is 1.85 bits per heavy atom. The first kappa shape index (κ1) is 29.1. The second kappa shape index (κ2) is 11.1. The second-order valence-corrected chi connectivity index (χ2v) is 11.3. The molecule has 4 atom stereocenters. The van der Waals surface area contributed by atoms with Gasteiger partial charge < -0.3 is 30.8 Å². The first-order valence-corrected chi connectivity index (χ1v) is 14.2. The largest absolute Gasteiger partial charge is 0.470 e. The molecule has 3 aromatic rings. The molecular formula is C26H27F3N5O6P. The minimum Gasteiger partial charge on any atom is -0.391 e. The van der Waals surface area contributed by atoms with Crippen molar-refractivity contribution in [3.63, 3.8) is 0 Å². The summed E-state index contributed by atoms with van der Waals surface area (Å²) in [7, 11) is -4.83. The second-order valence-electron chi connectivity index (χ2n) is 10.1. The number of aromatic nitrogens is 2. The third-order valence-corrected chi connectivity index (χ3v) is 7.74. The summed E-state index contributed by atoms with van der Waals surface area (Å²) in [4.78, 5) is 42.1. The first-order valence-electron chi connectivity index (χ1n) is 12.7. The predicted molar refractivity (Wildman–Crippen MR) is 141 cm³/mol. The van der Waals surface area contributed by atoms with Crippen LogP contribution in [0.1, 0.15) is 41.2 Å². The molecule has 218 valence electrons. The van der Waals surface area contributed by atoms with Gasteiger partial charge in [0.15, 0.2) is 0 Å². The summed E-state index contributed by atoms with van der Waals surface area (Å²) in [6.45, 7) is 2.34. The number of hydrogen-bond acceptors (Lipinski definition) is 8. The fraction of sp³-hybridized carbons (Fsp3) is 0.346. The van der Waals surface area contributed by atoms with Gasteiger partial charge in [-0.05, 0) is 37.1 Å². The number of fused-ring (bicyclic) bond motifs is 1. The molecule has 5 rings (SSSR count). The van der Waals surface area contributed by atoms with Crippen LogP contribution in [0.2, 0.25) is 0 Å². The van der Waals surface area contributed by atoms with Crippen LogP contribution in [0.5, 0.6) is 0 Å². The van der Waals surface area contributed by atoms with Crippen LogP contribution in [-0.2, 0) is 15.5 Å². The van der Waals surface area contributed by atoms with E-state index in [0.29, 0.717) is 24.2 Å². The molecule has 1 fully saturated rings. The van der Waals surface area contributed by atoms with Gasteiger partial charge in [0.2, 0.25) is 0 Å². The Kier molecular flexibility index (Phi) is 7.90. The van der Waals surface area contributed by atoms with Gasteiger partial charge in [-0.2, -0.15) is 0 Å². The Hall–Kier alpha value is -3.39. The minimum absolute atomic E-state index is 0.186. The van der Waals surface area contributed by atoms with Crippen molar-refractivity contribution >= 4 is 25.1 Å². The molecule has 1 amide bonds. The standard InChI is InChI=1S/C26H27F3N5O6P/c1-12-10-34(11-17(30)25(12)35)24-13-5-8-20(40-41(37,38)39)22(13)31-9-19(24)33-26(36)18-7-6-16(29)23(32-18)21-14(27)3-2-4-15(21)28/h2-4,6-7,9,12,17,20,25,35H,5,8,10-11,30H2,1H3,(H,33,36)(H2,37,38,39)/t12-,17+,20+,25+/m0/s1. The smallest absolute Gasteiger partial charge is 0.391 e. The van der Waals surface area contributed by atoms with Crippen LogP contribution >= 0.6 is 7.82 Å². The fourth-order valence-electron chi connectivity index (χ4n) is 5.37. The van der Waals surface area contributed by atoms with E-state index in [1.807, 2.05) is 11.8 Å². The van der Waals surface area contributed by atoms with Gasteiger partial charge in [0.25, 0.3) is 5.91 Å². The number of phosphoric acid groups is 1. The molecule has 1 aliphatic carbocycles. The number of rotatable bonds is 6. The lowest BCUT2D eigenvalue weighted by Crippen LogP contribution is -2.56. The number of amides is 1.